The number of hydrogen-bond donors (Lipinski definition) is 3. The number of methoxy groups -OCH3 is 1. The van der Waals surface area contributed by atoms with E-state index in [1.54, 1.807) is 7.11 Å². The van der Waals surface area contributed by atoms with E-state index in [0.29, 0.717) is 6.54 Å². The predicted molar refractivity (Wildman–Crippen MR) is 84.2 cm³/mol. The maximum Gasteiger partial charge on any atom is 0.191 e. The van der Waals surface area contributed by atoms with E-state index in [-0.39, 0.29) is 12.5 Å². The van der Waals surface area contributed by atoms with Gasteiger partial charge in [-0.3, -0.25) is 4.99 Å². The molecule has 120 valence electrons. The molecule has 1 atom stereocenters. The molecule has 0 aliphatic rings. The van der Waals surface area contributed by atoms with Crippen LogP contribution in [0.15, 0.2) is 4.99 Å². The van der Waals surface area contributed by atoms with Gasteiger partial charge in [0.2, 0.25) is 0 Å². The van der Waals surface area contributed by atoms with Crippen LogP contribution in [-0.4, -0.2) is 76.1 Å². The fourth-order valence-corrected chi connectivity index (χ4v) is 1.60. The summed E-state index contributed by atoms with van der Waals surface area (Å²) in [7, 11) is 3.84. The number of nitrogens with zero attached hydrogens (tertiary/aromatic N) is 2. The van der Waals surface area contributed by atoms with Gasteiger partial charge in [0.15, 0.2) is 5.96 Å². The van der Waals surface area contributed by atoms with Crippen molar-refractivity contribution in [2.45, 2.75) is 20.3 Å². The maximum atomic E-state index is 9.00. The molecule has 0 rings (SSSR count). The third-order valence-corrected chi connectivity index (χ3v) is 2.89. The number of hydrogen-bond acceptors (Lipinski definition) is 4. The van der Waals surface area contributed by atoms with Crippen LogP contribution in [0.5, 0.6) is 0 Å². The van der Waals surface area contributed by atoms with Crippen LogP contribution in [-0.2, 0) is 4.74 Å². The molecule has 0 aliphatic heterocycles. The Hall–Kier alpha value is -0.850. The molecule has 0 fully saturated rings. The lowest BCUT2D eigenvalue weighted by Gasteiger charge is -2.18. The van der Waals surface area contributed by atoms with Gasteiger partial charge in [-0.05, 0) is 26.3 Å². The van der Waals surface area contributed by atoms with Crippen LogP contribution in [0.1, 0.15) is 20.3 Å². The summed E-state index contributed by atoms with van der Waals surface area (Å²) in [4.78, 5) is 6.72. The van der Waals surface area contributed by atoms with Crippen molar-refractivity contribution in [1.82, 2.24) is 15.5 Å². The van der Waals surface area contributed by atoms with Crippen molar-refractivity contribution in [2.75, 3.05) is 60.1 Å². The molecule has 0 radical (unpaired) electrons. The molecule has 6 nitrogen and oxygen atoms in total. The fraction of sp³-hybridized carbons (Fsp3) is 0.929. The highest BCUT2D eigenvalue weighted by Gasteiger charge is 2.02. The van der Waals surface area contributed by atoms with Crippen LogP contribution in [0.4, 0.5) is 0 Å². The average molecular weight is 288 g/mol. The van der Waals surface area contributed by atoms with Crippen molar-refractivity contribution in [2.24, 2.45) is 10.9 Å². The molecule has 0 spiro atoms. The van der Waals surface area contributed by atoms with Gasteiger partial charge in [-0.1, -0.05) is 6.92 Å². The number of aliphatic imine (C=N–C) groups is 1. The number of ether oxygens (including phenoxy) is 1. The van der Waals surface area contributed by atoms with Gasteiger partial charge in [0.1, 0.15) is 0 Å². The molecule has 0 aliphatic carbocycles. The number of nitrogens with one attached hydrogen (secondary N) is 2. The molecule has 0 bridgehead atoms. The van der Waals surface area contributed by atoms with Gasteiger partial charge in [0, 0.05) is 53.0 Å². The van der Waals surface area contributed by atoms with Crippen LogP contribution in [0, 0.1) is 5.92 Å². The summed E-state index contributed by atoms with van der Waals surface area (Å²) >= 11 is 0. The Kier molecular flexibility index (Phi) is 12.6. The molecule has 3 N–H and O–H groups in total. The Morgan fingerprint density at radius 3 is 2.70 bits per heavy atom. The van der Waals surface area contributed by atoms with E-state index in [4.69, 9.17) is 9.84 Å². The van der Waals surface area contributed by atoms with Crippen molar-refractivity contribution in [3.05, 3.63) is 0 Å². The second-order valence-electron chi connectivity index (χ2n) is 5.08. The zero-order chi connectivity index (χ0) is 15.2. The molecule has 0 saturated carbocycles. The van der Waals surface area contributed by atoms with Crippen molar-refractivity contribution in [1.29, 1.82) is 0 Å². The topological polar surface area (TPSA) is 69.1 Å². The van der Waals surface area contributed by atoms with E-state index < -0.39 is 0 Å². The molecule has 0 aromatic rings. The Balaban J connectivity index is 3.89. The summed E-state index contributed by atoms with van der Waals surface area (Å²) in [5, 5.41) is 15.5. The van der Waals surface area contributed by atoms with Gasteiger partial charge in [-0.2, -0.15) is 0 Å². The Morgan fingerprint density at radius 2 is 2.10 bits per heavy atom. The lowest BCUT2D eigenvalue weighted by atomic mass is 10.2. The third-order valence-electron chi connectivity index (χ3n) is 2.89. The van der Waals surface area contributed by atoms with Crippen molar-refractivity contribution < 1.29 is 9.84 Å². The molecule has 6 heteroatoms. The SMILES string of the molecule is CCNC(=NCC(C)CO)NCCN(C)CCCOC. The monoisotopic (exact) mass is 288 g/mol. The minimum absolute atomic E-state index is 0.172. The van der Waals surface area contributed by atoms with E-state index in [1.807, 2.05) is 13.8 Å². The molecule has 0 amide bonds. The first-order chi connectivity index (χ1) is 9.63. The smallest absolute Gasteiger partial charge is 0.191 e. The average Bonchev–Trinajstić information content (AvgIpc) is 2.44. The van der Waals surface area contributed by atoms with Gasteiger partial charge in [-0.15, -0.1) is 0 Å². The van der Waals surface area contributed by atoms with Crippen molar-refractivity contribution >= 4 is 5.96 Å². The summed E-state index contributed by atoms with van der Waals surface area (Å²) in [6.07, 6.45) is 1.05. The van der Waals surface area contributed by atoms with Crippen LogP contribution in [0.3, 0.4) is 0 Å². The zero-order valence-electron chi connectivity index (χ0n) is 13.5. The van der Waals surface area contributed by atoms with Crippen molar-refractivity contribution in [3.8, 4) is 0 Å². The quantitative estimate of drug-likeness (QED) is 0.287. The van der Waals surface area contributed by atoms with Gasteiger partial charge < -0.3 is 25.4 Å². The molecule has 20 heavy (non-hydrogen) atoms. The number of guanidine groups is 1. The number of aliphatic hydroxyl groups is 1. The first-order valence-corrected chi connectivity index (χ1v) is 7.44. The normalized spacial score (nSPS) is 13.6. The minimum Gasteiger partial charge on any atom is -0.396 e. The van der Waals surface area contributed by atoms with Crippen LogP contribution < -0.4 is 10.6 Å². The van der Waals surface area contributed by atoms with Gasteiger partial charge in [0.25, 0.3) is 0 Å². The highest BCUT2D eigenvalue weighted by Crippen LogP contribution is 1.92. The number of likely N-dealkylation sites (N-methyl/N-ethyl adjacent to an activating group) is 1. The standard InChI is InChI=1S/C14H32N4O2/c1-5-15-14(17-11-13(2)12-19)16-7-9-18(3)8-6-10-20-4/h13,19H,5-12H2,1-4H3,(H2,15,16,17). The van der Waals surface area contributed by atoms with Gasteiger partial charge >= 0.3 is 0 Å². The number of rotatable bonds is 11. The summed E-state index contributed by atoms with van der Waals surface area (Å²) in [5.41, 5.74) is 0. The highest BCUT2D eigenvalue weighted by molar-refractivity contribution is 5.79. The maximum absolute atomic E-state index is 9.00. The summed E-state index contributed by atoms with van der Waals surface area (Å²) < 4.78 is 5.04. The summed E-state index contributed by atoms with van der Waals surface area (Å²) in [5.74, 6) is 1.01. The molecular formula is C14H32N4O2. The Morgan fingerprint density at radius 1 is 1.35 bits per heavy atom. The first-order valence-electron chi connectivity index (χ1n) is 7.44. The van der Waals surface area contributed by atoms with E-state index in [2.05, 4.69) is 27.6 Å². The highest BCUT2D eigenvalue weighted by atomic mass is 16.5. The third kappa shape index (κ3) is 11.0. The predicted octanol–water partition coefficient (Wildman–Crippen LogP) is 0.138. The van der Waals surface area contributed by atoms with Crippen LogP contribution in [0.25, 0.3) is 0 Å². The first kappa shape index (κ1) is 19.1. The van der Waals surface area contributed by atoms with Crippen LogP contribution >= 0.6 is 0 Å². The summed E-state index contributed by atoms with van der Waals surface area (Å²) in [6, 6.07) is 0. The lowest BCUT2D eigenvalue weighted by Crippen LogP contribution is -2.41. The van der Waals surface area contributed by atoms with E-state index in [1.165, 1.54) is 0 Å². The molecule has 0 saturated heterocycles. The molecular weight excluding hydrogens is 256 g/mol. The lowest BCUT2D eigenvalue weighted by molar-refractivity contribution is 0.180. The van der Waals surface area contributed by atoms with Gasteiger partial charge in [0.05, 0.1) is 0 Å². The van der Waals surface area contributed by atoms with Crippen molar-refractivity contribution in [3.63, 3.8) is 0 Å². The largest absolute Gasteiger partial charge is 0.396 e. The molecule has 1 unspecified atom stereocenters. The Bertz CT molecular complexity index is 249. The van der Waals surface area contributed by atoms with E-state index >= 15 is 0 Å². The fourth-order valence-electron chi connectivity index (χ4n) is 1.60. The molecule has 0 aromatic carbocycles. The van der Waals surface area contributed by atoms with Crippen LogP contribution in [0.2, 0.25) is 0 Å². The number of aliphatic hydroxyl groups excluding tert-OH is 1. The second kappa shape index (κ2) is 13.1. The minimum atomic E-state index is 0.172. The van der Waals surface area contributed by atoms with E-state index in [9.17, 15) is 0 Å². The summed E-state index contributed by atoms with van der Waals surface area (Å²) in [6.45, 7) is 9.32. The molecule has 0 aromatic heterocycles. The van der Waals surface area contributed by atoms with Gasteiger partial charge in [-0.25, -0.2) is 0 Å². The zero-order valence-corrected chi connectivity index (χ0v) is 13.5. The second-order valence-corrected chi connectivity index (χ2v) is 5.08. The Labute approximate surface area is 123 Å². The van der Waals surface area contributed by atoms with E-state index in [0.717, 1.165) is 45.2 Å². The molecule has 0 heterocycles.